The molecule has 3 aromatic rings. The number of nitrogens with zero attached hydrogens (tertiary/aromatic N) is 2. The van der Waals surface area contributed by atoms with E-state index in [1.165, 1.54) is 18.3 Å². The van der Waals surface area contributed by atoms with Crippen LogP contribution in [0.2, 0.25) is 0 Å². The van der Waals surface area contributed by atoms with E-state index in [9.17, 15) is 9.50 Å². The van der Waals surface area contributed by atoms with Crippen molar-refractivity contribution in [1.82, 2.24) is 9.97 Å². The van der Waals surface area contributed by atoms with E-state index in [4.69, 9.17) is 4.42 Å². The average Bonchev–Trinajstić information content (AvgIpc) is 2.99. The Morgan fingerprint density at radius 1 is 1.10 bits per heavy atom. The SMILES string of the molecule is OC(Cc1ccncc1)c1cnc(-c2ccc(F)cc2)o1. The van der Waals surface area contributed by atoms with Crippen LogP contribution in [0.1, 0.15) is 17.4 Å². The standard InChI is InChI=1S/C16H13FN2O2/c17-13-3-1-12(2-4-13)16-19-10-15(21-16)14(20)9-11-5-7-18-8-6-11/h1-8,10,14,20H,9H2. The Kier molecular flexibility index (Phi) is 3.75. The van der Waals surface area contributed by atoms with E-state index in [2.05, 4.69) is 9.97 Å². The molecule has 106 valence electrons. The number of hydrogen-bond acceptors (Lipinski definition) is 4. The molecule has 1 unspecified atom stereocenters. The van der Waals surface area contributed by atoms with Crippen LogP contribution in [0.4, 0.5) is 4.39 Å². The Morgan fingerprint density at radius 3 is 2.52 bits per heavy atom. The molecule has 4 nitrogen and oxygen atoms in total. The molecule has 0 spiro atoms. The predicted octanol–water partition coefficient (Wildman–Crippen LogP) is 3.15. The van der Waals surface area contributed by atoms with Crippen LogP contribution >= 0.6 is 0 Å². The second kappa shape index (κ2) is 5.85. The van der Waals surface area contributed by atoms with Gasteiger partial charge < -0.3 is 9.52 Å². The first kappa shape index (κ1) is 13.5. The van der Waals surface area contributed by atoms with E-state index in [-0.39, 0.29) is 5.82 Å². The molecule has 0 saturated heterocycles. The maximum absolute atomic E-state index is 12.9. The summed E-state index contributed by atoms with van der Waals surface area (Å²) in [6, 6.07) is 9.51. The minimum atomic E-state index is -0.783. The van der Waals surface area contributed by atoms with Crippen molar-refractivity contribution in [2.45, 2.75) is 12.5 Å². The minimum Gasteiger partial charge on any atom is -0.438 e. The van der Waals surface area contributed by atoms with E-state index in [1.807, 2.05) is 12.1 Å². The maximum atomic E-state index is 12.9. The Labute approximate surface area is 120 Å². The van der Waals surface area contributed by atoms with Crippen molar-refractivity contribution in [3.8, 4) is 11.5 Å². The van der Waals surface area contributed by atoms with Crippen LogP contribution in [-0.2, 0) is 6.42 Å². The van der Waals surface area contributed by atoms with Gasteiger partial charge in [-0.15, -0.1) is 0 Å². The van der Waals surface area contributed by atoms with Gasteiger partial charge in [-0.2, -0.15) is 0 Å². The summed E-state index contributed by atoms with van der Waals surface area (Å²) in [5, 5.41) is 10.2. The van der Waals surface area contributed by atoms with Crippen molar-refractivity contribution in [1.29, 1.82) is 0 Å². The highest BCUT2D eigenvalue weighted by molar-refractivity contribution is 5.52. The van der Waals surface area contributed by atoms with Gasteiger partial charge in [-0.1, -0.05) is 0 Å². The second-order valence-electron chi connectivity index (χ2n) is 4.65. The van der Waals surface area contributed by atoms with Crippen LogP contribution in [0.15, 0.2) is 59.4 Å². The lowest BCUT2D eigenvalue weighted by Gasteiger charge is -2.06. The zero-order chi connectivity index (χ0) is 14.7. The van der Waals surface area contributed by atoms with Crippen molar-refractivity contribution >= 4 is 0 Å². The number of oxazole rings is 1. The van der Waals surface area contributed by atoms with Gasteiger partial charge in [-0.25, -0.2) is 9.37 Å². The molecule has 0 aliphatic rings. The number of benzene rings is 1. The molecule has 21 heavy (non-hydrogen) atoms. The molecule has 0 aliphatic heterocycles. The number of aromatic nitrogens is 2. The smallest absolute Gasteiger partial charge is 0.226 e. The predicted molar refractivity (Wildman–Crippen MR) is 74.8 cm³/mol. The number of aliphatic hydroxyl groups is 1. The van der Waals surface area contributed by atoms with Crippen molar-refractivity contribution in [3.63, 3.8) is 0 Å². The molecule has 0 aliphatic carbocycles. The lowest BCUT2D eigenvalue weighted by Crippen LogP contribution is -2.00. The zero-order valence-electron chi connectivity index (χ0n) is 11.1. The molecular weight excluding hydrogens is 271 g/mol. The van der Waals surface area contributed by atoms with Gasteiger partial charge in [-0.3, -0.25) is 4.98 Å². The highest BCUT2D eigenvalue weighted by atomic mass is 19.1. The van der Waals surface area contributed by atoms with Crippen molar-refractivity contribution in [2.24, 2.45) is 0 Å². The highest BCUT2D eigenvalue weighted by Gasteiger charge is 2.15. The molecule has 0 bridgehead atoms. The molecule has 0 amide bonds. The number of halogens is 1. The Balaban J connectivity index is 1.76. The monoisotopic (exact) mass is 284 g/mol. The molecule has 0 radical (unpaired) electrons. The summed E-state index contributed by atoms with van der Waals surface area (Å²) in [5.41, 5.74) is 1.62. The van der Waals surface area contributed by atoms with Gasteiger partial charge in [0.05, 0.1) is 6.20 Å². The zero-order valence-corrected chi connectivity index (χ0v) is 11.1. The van der Waals surface area contributed by atoms with Crippen LogP contribution in [0.25, 0.3) is 11.5 Å². The molecule has 1 aromatic carbocycles. The minimum absolute atomic E-state index is 0.316. The van der Waals surface area contributed by atoms with Crippen LogP contribution in [0, 0.1) is 5.82 Å². The molecule has 0 saturated carbocycles. The second-order valence-corrected chi connectivity index (χ2v) is 4.65. The summed E-state index contributed by atoms with van der Waals surface area (Å²) in [4.78, 5) is 8.05. The van der Waals surface area contributed by atoms with E-state index in [0.29, 0.717) is 23.6 Å². The third kappa shape index (κ3) is 3.14. The average molecular weight is 284 g/mol. The van der Waals surface area contributed by atoms with Gasteiger partial charge in [-0.05, 0) is 42.0 Å². The number of hydrogen-bond donors (Lipinski definition) is 1. The fourth-order valence-corrected chi connectivity index (χ4v) is 2.01. The van der Waals surface area contributed by atoms with Crippen LogP contribution < -0.4 is 0 Å². The van der Waals surface area contributed by atoms with Gasteiger partial charge >= 0.3 is 0 Å². The van der Waals surface area contributed by atoms with Gasteiger partial charge in [0.1, 0.15) is 11.9 Å². The fraction of sp³-hybridized carbons (Fsp3) is 0.125. The first-order chi connectivity index (χ1) is 10.2. The van der Waals surface area contributed by atoms with Crippen molar-refractivity contribution in [2.75, 3.05) is 0 Å². The largest absolute Gasteiger partial charge is 0.438 e. The first-order valence-electron chi connectivity index (χ1n) is 6.51. The molecule has 2 heterocycles. The van der Waals surface area contributed by atoms with E-state index >= 15 is 0 Å². The summed E-state index contributed by atoms with van der Waals surface area (Å²) in [6.07, 6.45) is 4.47. The van der Waals surface area contributed by atoms with Crippen LogP contribution in [0.3, 0.4) is 0 Å². The van der Waals surface area contributed by atoms with E-state index in [1.54, 1.807) is 24.5 Å². The van der Waals surface area contributed by atoms with Gasteiger partial charge in [0.2, 0.25) is 5.89 Å². The first-order valence-corrected chi connectivity index (χ1v) is 6.51. The number of aliphatic hydroxyl groups excluding tert-OH is 1. The molecule has 1 atom stereocenters. The van der Waals surface area contributed by atoms with Gasteiger partial charge in [0.25, 0.3) is 0 Å². The Hall–Kier alpha value is -2.53. The Morgan fingerprint density at radius 2 is 1.81 bits per heavy atom. The summed E-state index contributed by atoms with van der Waals surface area (Å²) in [6.45, 7) is 0. The maximum Gasteiger partial charge on any atom is 0.226 e. The molecule has 3 rings (SSSR count). The lowest BCUT2D eigenvalue weighted by molar-refractivity contribution is 0.151. The summed E-state index contributed by atoms with van der Waals surface area (Å²) < 4.78 is 18.4. The van der Waals surface area contributed by atoms with Crippen LogP contribution in [-0.4, -0.2) is 15.1 Å². The number of rotatable bonds is 4. The summed E-state index contributed by atoms with van der Waals surface area (Å²) in [7, 11) is 0. The highest BCUT2D eigenvalue weighted by Crippen LogP contribution is 2.24. The Bertz CT molecular complexity index is 711. The number of pyridine rings is 1. The lowest BCUT2D eigenvalue weighted by atomic mass is 10.1. The summed E-state index contributed by atoms with van der Waals surface area (Å²) >= 11 is 0. The molecule has 5 heteroatoms. The van der Waals surface area contributed by atoms with Crippen molar-refractivity contribution < 1.29 is 13.9 Å². The topological polar surface area (TPSA) is 59.2 Å². The normalized spacial score (nSPS) is 12.3. The fourth-order valence-electron chi connectivity index (χ4n) is 2.01. The third-order valence-electron chi connectivity index (χ3n) is 3.12. The molecule has 2 aromatic heterocycles. The van der Waals surface area contributed by atoms with Gasteiger partial charge in [0, 0.05) is 24.4 Å². The summed E-state index contributed by atoms with van der Waals surface area (Å²) in [5.74, 6) is 0.424. The molecule has 1 N–H and O–H groups in total. The quantitative estimate of drug-likeness (QED) is 0.799. The third-order valence-corrected chi connectivity index (χ3v) is 3.12. The van der Waals surface area contributed by atoms with E-state index in [0.717, 1.165) is 5.56 Å². The molecular formula is C16H13FN2O2. The van der Waals surface area contributed by atoms with Gasteiger partial charge in [0.15, 0.2) is 5.76 Å². The van der Waals surface area contributed by atoms with E-state index < -0.39 is 6.10 Å². The van der Waals surface area contributed by atoms with Crippen LogP contribution in [0.5, 0.6) is 0 Å². The molecule has 0 fully saturated rings. The van der Waals surface area contributed by atoms with Crippen molar-refractivity contribution in [3.05, 3.63) is 72.1 Å².